The first kappa shape index (κ1) is 15.9. The highest BCUT2D eigenvalue weighted by molar-refractivity contribution is 9.10. The van der Waals surface area contributed by atoms with Crippen LogP contribution in [0.4, 0.5) is 0 Å². The molecule has 0 spiro atoms. The zero-order chi connectivity index (χ0) is 15.2. The first-order chi connectivity index (χ1) is 10.2. The van der Waals surface area contributed by atoms with Crippen molar-refractivity contribution in [1.29, 1.82) is 0 Å². The fraction of sp³-hybridized carbons (Fsp3) is 0.188. The molecule has 3 nitrogen and oxygen atoms in total. The van der Waals surface area contributed by atoms with Crippen LogP contribution in [0.5, 0.6) is 11.5 Å². The Morgan fingerprint density at radius 1 is 1.19 bits per heavy atom. The molecular formula is C16H14BrClO3. The Bertz CT molecular complexity index is 626. The molecule has 0 amide bonds. The SMILES string of the molecule is COc1ccc(COc2c(Cl)ccc(Br)c2CC=O)cc1. The third kappa shape index (κ3) is 3.99. The Morgan fingerprint density at radius 2 is 1.90 bits per heavy atom. The highest BCUT2D eigenvalue weighted by atomic mass is 79.9. The summed E-state index contributed by atoms with van der Waals surface area (Å²) in [6, 6.07) is 11.1. The second-order valence-corrected chi connectivity index (χ2v) is 5.61. The predicted molar refractivity (Wildman–Crippen MR) is 86.2 cm³/mol. The van der Waals surface area contributed by atoms with Crippen molar-refractivity contribution in [3.63, 3.8) is 0 Å². The summed E-state index contributed by atoms with van der Waals surface area (Å²) in [4.78, 5) is 10.8. The van der Waals surface area contributed by atoms with E-state index in [0.29, 0.717) is 17.4 Å². The lowest BCUT2D eigenvalue weighted by atomic mass is 10.1. The van der Waals surface area contributed by atoms with E-state index in [0.717, 1.165) is 27.6 Å². The van der Waals surface area contributed by atoms with Crippen LogP contribution in [0.2, 0.25) is 5.02 Å². The minimum atomic E-state index is 0.249. The maximum absolute atomic E-state index is 10.8. The summed E-state index contributed by atoms with van der Waals surface area (Å²) in [7, 11) is 1.62. The second kappa shape index (κ2) is 7.48. The third-order valence-electron chi connectivity index (χ3n) is 2.98. The van der Waals surface area contributed by atoms with Crippen LogP contribution in [0.1, 0.15) is 11.1 Å². The molecule has 0 saturated heterocycles. The zero-order valence-electron chi connectivity index (χ0n) is 11.4. The molecule has 0 unspecified atom stereocenters. The van der Waals surface area contributed by atoms with E-state index in [4.69, 9.17) is 21.1 Å². The monoisotopic (exact) mass is 368 g/mol. The topological polar surface area (TPSA) is 35.5 Å². The molecule has 2 rings (SSSR count). The molecule has 0 saturated carbocycles. The van der Waals surface area contributed by atoms with E-state index in [1.165, 1.54) is 0 Å². The Kier molecular flexibility index (Phi) is 5.65. The van der Waals surface area contributed by atoms with Crippen molar-refractivity contribution in [1.82, 2.24) is 0 Å². The van der Waals surface area contributed by atoms with Crippen molar-refractivity contribution in [2.24, 2.45) is 0 Å². The van der Waals surface area contributed by atoms with Crippen LogP contribution in [-0.4, -0.2) is 13.4 Å². The zero-order valence-corrected chi connectivity index (χ0v) is 13.8. The summed E-state index contributed by atoms with van der Waals surface area (Å²) in [6.07, 6.45) is 1.08. The van der Waals surface area contributed by atoms with Gasteiger partial charge in [0.1, 0.15) is 24.4 Å². The minimum Gasteiger partial charge on any atom is -0.497 e. The van der Waals surface area contributed by atoms with Gasteiger partial charge in [-0.3, -0.25) is 0 Å². The number of benzene rings is 2. The van der Waals surface area contributed by atoms with Crippen LogP contribution in [0.25, 0.3) is 0 Å². The lowest BCUT2D eigenvalue weighted by Crippen LogP contribution is -2.01. The van der Waals surface area contributed by atoms with E-state index >= 15 is 0 Å². The Balaban J connectivity index is 2.18. The average Bonchev–Trinajstić information content (AvgIpc) is 2.51. The van der Waals surface area contributed by atoms with Gasteiger partial charge < -0.3 is 14.3 Å². The van der Waals surface area contributed by atoms with Crippen LogP contribution in [0, 0.1) is 0 Å². The number of carbonyl (C=O) groups excluding carboxylic acids is 1. The van der Waals surface area contributed by atoms with Crippen LogP contribution in [-0.2, 0) is 17.8 Å². The lowest BCUT2D eigenvalue weighted by molar-refractivity contribution is -0.107. The number of rotatable bonds is 6. The fourth-order valence-electron chi connectivity index (χ4n) is 1.88. The molecule has 5 heteroatoms. The Hall–Kier alpha value is -1.52. The summed E-state index contributed by atoms with van der Waals surface area (Å²) in [5.41, 5.74) is 1.75. The van der Waals surface area contributed by atoms with Gasteiger partial charge in [-0.15, -0.1) is 0 Å². The lowest BCUT2D eigenvalue weighted by Gasteiger charge is -2.13. The van der Waals surface area contributed by atoms with E-state index in [9.17, 15) is 4.79 Å². The second-order valence-electron chi connectivity index (χ2n) is 4.34. The van der Waals surface area contributed by atoms with Crippen LogP contribution in [0.3, 0.4) is 0 Å². The number of aldehydes is 1. The van der Waals surface area contributed by atoms with Gasteiger partial charge in [-0.1, -0.05) is 39.7 Å². The maximum atomic E-state index is 10.8. The predicted octanol–water partition coefficient (Wildman–Crippen LogP) is 4.43. The quantitative estimate of drug-likeness (QED) is 0.707. The van der Waals surface area contributed by atoms with Gasteiger partial charge in [0.25, 0.3) is 0 Å². The third-order valence-corrected chi connectivity index (χ3v) is 4.03. The van der Waals surface area contributed by atoms with E-state index in [-0.39, 0.29) is 6.42 Å². The van der Waals surface area contributed by atoms with Gasteiger partial charge in [0.05, 0.1) is 12.1 Å². The molecule has 0 aliphatic rings. The van der Waals surface area contributed by atoms with E-state index in [2.05, 4.69) is 15.9 Å². The van der Waals surface area contributed by atoms with Crippen LogP contribution in [0.15, 0.2) is 40.9 Å². The van der Waals surface area contributed by atoms with Gasteiger partial charge in [0.15, 0.2) is 0 Å². The van der Waals surface area contributed by atoms with Gasteiger partial charge in [-0.25, -0.2) is 0 Å². The van der Waals surface area contributed by atoms with E-state index in [1.807, 2.05) is 24.3 Å². The summed E-state index contributed by atoms with van der Waals surface area (Å²) < 4.78 is 11.7. The summed E-state index contributed by atoms with van der Waals surface area (Å²) in [5.74, 6) is 1.33. The number of hydrogen-bond donors (Lipinski definition) is 0. The molecule has 0 radical (unpaired) electrons. The summed E-state index contributed by atoms with van der Waals surface area (Å²) >= 11 is 9.58. The van der Waals surface area contributed by atoms with Gasteiger partial charge in [-0.2, -0.15) is 0 Å². The molecule has 0 aliphatic carbocycles. The molecule has 0 aliphatic heterocycles. The molecule has 0 N–H and O–H groups in total. The largest absolute Gasteiger partial charge is 0.497 e. The molecule has 110 valence electrons. The highest BCUT2D eigenvalue weighted by Crippen LogP contribution is 2.35. The Morgan fingerprint density at radius 3 is 2.52 bits per heavy atom. The summed E-state index contributed by atoms with van der Waals surface area (Å²) in [6.45, 7) is 0.367. The van der Waals surface area contributed by atoms with Gasteiger partial charge in [-0.05, 0) is 29.8 Å². The average molecular weight is 370 g/mol. The standard InChI is InChI=1S/C16H14BrClO3/c1-20-12-4-2-11(3-5-12)10-21-16-13(8-9-19)14(17)6-7-15(16)18/h2-7,9H,8,10H2,1H3. The van der Waals surface area contributed by atoms with Crippen molar-refractivity contribution >= 4 is 33.8 Å². The van der Waals surface area contributed by atoms with Gasteiger partial charge in [0, 0.05) is 16.5 Å². The van der Waals surface area contributed by atoms with E-state index in [1.54, 1.807) is 19.2 Å². The molecule has 2 aromatic rings. The maximum Gasteiger partial charge on any atom is 0.143 e. The first-order valence-electron chi connectivity index (χ1n) is 6.32. The van der Waals surface area contributed by atoms with Crippen molar-refractivity contribution in [3.8, 4) is 11.5 Å². The van der Waals surface area contributed by atoms with Crippen molar-refractivity contribution < 1.29 is 14.3 Å². The molecule has 0 fully saturated rings. The molecule has 21 heavy (non-hydrogen) atoms. The molecule has 0 atom stereocenters. The fourth-order valence-corrected chi connectivity index (χ4v) is 2.59. The van der Waals surface area contributed by atoms with Crippen LogP contribution < -0.4 is 9.47 Å². The van der Waals surface area contributed by atoms with Crippen molar-refractivity contribution in [2.45, 2.75) is 13.0 Å². The van der Waals surface area contributed by atoms with Crippen molar-refractivity contribution in [2.75, 3.05) is 7.11 Å². The molecule has 0 heterocycles. The smallest absolute Gasteiger partial charge is 0.143 e. The van der Waals surface area contributed by atoms with E-state index < -0.39 is 0 Å². The first-order valence-corrected chi connectivity index (χ1v) is 7.49. The summed E-state index contributed by atoms with van der Waals surface area (Å²) in [5, 5.41) is 0.489. The minimum absolute atomic E-state index is 0.249. The number of carbonyl (C=O) groups is 1. The molecule has 0 bridgehead atoms. The number of hydrogen-bond acceptors (Lipinski definition) is 3. The Labute approximate surface area is 137 Å². The number of ether oxygens (including phenoxy) is 2. The van der Waals surface area contributed by atoms with Crippen LogP contribution >= 0.6 is 27.5 Å². The van der Waals surface area contributed by atoms with Gasteiger partial charge in [0.2, 0.25) is 0 Å². The highest BCUT2D eigenvalue weighted by Gasteiger charge is 2.12. The number of halogens is 2. The number of methoxy groups -OCH3 is 1. The normalized spacial score (nSPS) is 10.2. The van der Waals surface area contributed by atoms with Gasteiger partial charge >= 0.3 is 0 Å². The molecule has 0 aromatic heterocycles. The van der Waals surface area contributed by atoms with Crippen molar-refractivity contribution in [3.05, 3.63) is 57.0 Å². The molecule has 2 aromatic carbocycles. The molecular weight excluding hydrogens is 356 g/mol.